The number of nitrogens with zero attached hydrogens (tertiary/aromatic N) is 3. The maximum absolute atomic E-state index is 12.1. The Morgan fingerprint density at radius 2 is 1.95 bits per heavy atom. The number of fused-ring (bicyclic) bond motifs is 2. The SMILES string of the molecule is O=c1cc(CN2CCc3ccccc32)nc2ccccn12. The minimum Gasteiger partial charge on any atom is -0.365 e. The Hall–Kier alpha value is -2.62. The molecule has 104 valence electrons. The molecule has 0 N–H and O–H groups in total. The highest BCUT2D eigenvalue weighted by molar-refractivity contribution is 5.58. The molecule has 0 amide bonds. The Kier molecular flexibility index (Phi) is 2.74. The van der Waals surface area contributed by atoms with Gasteiger partial charge in [0.2, 0.25) is 0 Å². The molecule has 2 aromatic heterocycles. The normalized spacial score (nSPS) is 13.6. The van der Waals surface area contributed by atoms with E-state index in [1.807, 2.05) is 18.2 Å². The third kappa shape index (κ3) is 2.09. The van der Waals surface area contributed by atoms with Crippen molar-refractivity contribution in [1.82, 2.24) is 9.38 Å². The molecule has 1 aliphatic heterocycles. The quantitative estimate of drug-likeness (QED) is 0.721. The van der Waals surface area contributed by atoms with Crippen LogP contribution < -0.4 is 10.5 Å². The average molecular weight is 277 g/mol. The van der Waals surface area contributed by atoms with Gasteiger partial charge in [0.05, 0.1) is 12.2 Å². The summed E-state index contributed by atoms with van der Waals surface area (Å²) in [5.41, 5.74) is 4.13. The van der Waals surface area contributed by atoms with Crippen molar-refractivity contribution in [2.45, 2.75) is 13.0 Å². The second kappa shape index (κ2) is 4.74. The maximum atomic E-state index is 12.1. The summed E-state index contributed by atoms with van der Waals surface area (Å²) in [7, 11) is 0. The number of hydrogen-bond donors (Lipinski definition) is 0. The van der Waals surface area contributed by atoms with Gasteiger partial charge in [-0.1, -0.05) is 24.3 Å². The fraction of sp³-hybridized carbons (Fsp3) is 0.176. The van der Waals surface area contributed by atoms with Crippen molar-refractivity contribution in [2.24, 2.45) is 0 Å². The Balaban J connectivity index is 1.71. The molecule has 3 aromatic rings. The highest BCUT2D eigenvalue weighted by atomic mass is 16.1. The Bertz CT molecular complexity index is 869. The van der Waals surface area contributed by atoms with Gasteiger partial charge in [-0.25, -0.2) is 4.98 Å². The van der Waals surface area contributed by atoms with Gasteiger partial charge in [-0.15, -0.1) is 0 Å². The van der Waals surface area contributed by atoms with Gasteiger partial charge in [0.25, 0.3) is 5.56 Å². The molecule has 0 saturated heterocycles. The van der Waals surface area contributed by atoms with E-state index in [-0.39, 0.29) is 5.56 Å². The molecular weight excluding hydrogens is 262 g/mol. The molecule has 0 aliphatic carbocycles. The first-order chi connectivity index (χ1) is 10.3. The molecule has 0 spiro atoms. The number of rotatable bonds is 2. The van der Waals surface area contributed by atoms with E-state index in [1.54, 1.807) is 16.7 Å². The van der Waals surface area contributed by atoms with Gasteiger partial charge < -0.3 is 4.90 Å². The van der Waals surface area contributed by atoms with Crippen molar-refractivity contribution in [3.8, 4) is 0 Å². The van der Waals surface area contributed by atoms with Gasteiger partial charge in [0.1, 0.15) is 5.65 Å². The number of para-hydroxylation sites is 1. The van der Waals surface area contributed by atoms with Crippen LogP contribution in [0.25, 0.3) is 5.65 Å². The second-order valence-corrected chi connectivity index (χ2v) is 5.31. The van der Waals surface area contributed by atoms with Crippen LogP contribution in [0.2, 0.25) is 0 Å². The summed E-state index contributed by atoms with van der Waals surface area (Å²) in [4.78, 5) is 19.0. The summed E-state index contributed by atoms with van der Waals surface area (Å²) in [6.45, 7) is 1.66. The number of pyridine rings is 1. The Morgan fingerprint density at radius 1 is 1.10 bits per heavy atom. The van der Waals surface area contributed by atoms with Crippen LogP contribution in [0.1, 0.15) is 11.3 Å². The van der Waals surface area contributed by atoms with Gasteiger partial charge >= 0.3 is 0 Å². The van der Waals surface area contributed by atoms with E-state index in [4.69, 9.17) is 0 Å². The molecule has 1 aromatic carbocycles. The monoisotopic (exact) mass is 277 g/mol. The van der Waals surface area contributed by atoms with Crippen molar-refractivity contribution < 1.29 is 0 Å². The van der Waals surface area contributed by atoms with Crippen LogP contribution in [-0.2, 0) is 13.0 Å². The minimum absolute atomic E-state index is 0.0249. The Morgan fingerprint density at radius 3 is 2.90 bits per heavy atom. The lowest BCUT2D eigenvalue weighted by molar-refractivity contribution is 0.808. The van der Waals surface area contributed by atoms with E-state index in [0.29, 0.717) is 12.2 Å². The molecular formula is C17H15N3O. The molecule has 1 aliphatic rings. The first kappa shape index (κ1) is 12.1. The van der Waals surface area contributed by atoms with Gasteiger partial charge in [0, 0.05) is 24.5 Å². The van der Waals surface area contributed by atoms with Crippen LogP contribution in [0.15, 0.2) is 59.5 Å². The predicted molar refractivity (Wildman–Crippen MR) is 82.7 cm³/mol. The lowest BCUT2D eigenvalue weighted by Crippen LogP contribution is -2.23. The molecule has 0 saturated carbocycles. The van der Waals surface area contributed by atoms with Gasteiger partial charge in [-0.3, -0.25) is 9.20 Å². The topological polar surface area (TPSA) is 37.6 Å². The summed E-state index contributed by atoms with van der Waals surface area (Å²) >= 11 is 0. The second-order valence-electron chi connectivity index (χ2n) is 5.31. The zero-order valence-corrected chi connectivity index (χ0v) is 11.6. The van der Waals surface area contributed by atoms with Crippen LogP contribution >= 0.6 is 0 Å². The minimum atomic E-state index is -0.0249. The molecule has 0 unspecified atom stereocenters. The molecule has 3 heterocycles. The maximum Gasteiger partial charge on any atom is 0.258 e. The van der Waals surface area contributed by atoms with E-state index in [9.17, 15) is 4.79 Å². The predicted octanol–water partition coefficient (Wildman–Crippen LogP) is 2.26. The van der Waals surface area contributed by atoms with Crippen molar-refractivity contribution in [3.05, 3.63) is 76.3 Å². The number of hydrogen-bond acceptors (Lipinski definition) is 3. The van der Waals surface area contributed by atoms with Crippen molar-refractivity contribution >= 4 is 11.3 Å². The van der Waals surface area contributed by atoms with E-state index in [0.717, 1.165) is 18.7 Å². The molecule has 0 radical (unpaired) electrons. The average Bonchev–Trinajstić information content (AvgIpc) is 2.91. The fourth-order valence-corrected chi connectivity index (χ4v) is 2.95. The smallest absolute Gasteiger partial charge is 0.258 e. The summed E-state index contributed by atoms with van der Waals surface area (Å²) < 4.78 is 1.57. The third-order valence-corrected chi connectivity index (χ3v) is 3.96. The summed E-state index contributed by atoms with van der Waals surface area (Å²) in [6.07, 6.45) is 2.81. The molecule has 4 rings (SSSR count). The van der Waals surface area contributed by atoms with Crippen LogP contribution in [0.3, 0.4) is 0 Å². The zero-order valence-electron chi connectivity index (χ0n) is 11.6. The number of anilines is 1. The van der Waals surface area contributed by atoms with E-state index < -0.39 is 0 Å². The number of aromatic nitrogens is 2. The molecule has 0 fully saturated rings. The van der Waals surface area contributed by atoms with Crippen LogP contribution in [-0.4, -0.2) is 15.9 Å². The van der Waals surface area contributed by atoms with Gasteiger partial charge in [0.15, 0.2) is 0 Å². The lowest BCUT2D eigenvalue weighted by atomic mass is 10.2. The first-order valence-electron chi connectivity index (χ1n) is 7.11. The highest BCUT2D eigenvalue weighted by Crippen LogP contribution is 2.28. The standard InChI is InChI=1S/C17H15N3O/c21-17-11-14(18-16-7-3-4-9-20(16)17)12-19-10-8-13-5-1-2-6-15(13)19/h1-7,9,11H,8,10,12H2. The molecule has 21 heavy (non-hydrogen) atoms. The van der Waals surface area contributed by atoms with Gasteiger partial charge in [-0.2, -0.15) is 0 Å². The van der Waals surface area contributed by atoms with Crippen LogP contribution in [0.4, 0.5) is 5.69 Å². The summed E-state index contributed by atoms with van der Waals surface area (Å²) in [5.74, 6) is 0. The number of benzene rings is 1. The summed E-state index contributed by atoms with van der Waals surface area (Å²) in [5, 5.41) is 0. The zero-order chi connectivity index (χ0) is 14.2. The highest BCUT2D eigenvalue weighted by Gasteiger charge is 2.19. The van der Waals surface area contributed by atoms with E-state index >= 15 is 0 Å². The molecule has 4 nitrogen and oxygen atoms in total. The Labute approximate surface area is 122 Å². The lowest BCUT2D eigenvalue weighted by Gasteiger charge is -2.18. The van der Waals surface area contributed by atoms with Crippen LogP contribution in [0.5, 0.6) is 0 Å². The first-order valence-corrected chi connectivity index (χ1v) is 7.11. The molecule has 0 atom stereocenters. The van der Waals surface area contributed by atoms with E-state index in [2.05, 4.69) is 34.1 Å². The van der Waals surface area contributed by atoms with Crippen molar-refractivity contribution in [1.29, 1.82) is 0 Å². The fourth-order valence-electron chi connectivity index (χ4n) is 2.95. The molecule has 4 heteroatoms. The van der Waals surface area contributed by atoms with Gasteiger partial charge in [-0.05, 0) is 30.2 Å². The van der Waals surface area contributed by atoms with E-state index in [1.165, 1.54) is 11.3 Å². The third-order valence-electron chi connectivity index (χ3n) is 3.96. The van der Waals surface area contributed by atoms with Crippen molar-refractivity contribution in [2.75, 3.05) is 11.4 Å². The summed E-state index contributed by atoms with van der Waals surface area (Å²) in [6, 6.07) is 15.7. The molecule has 0 bridgehead atoms. The van der Waals surface area contributed by atoms with Crippen molar-refractivity contribution in [3.63, 3.8) is 0 Å². The van der Waals surface area contributed by atoms with Crippen LogP contribution in [0, 0.1) is 0 Å². The largest absolute Gasteiger partial charge is 0.365 e.